The monoisotopic (exact) mass is 369 g/mol. The number of ether oxygens (including phenoxy) is 1. The first-order valence-electron chi connectivity index (χ1n) is 8.85. The third-order valence-electron chi connectivity index (χ3n) is 4.11. The lowest BCUT2D eigenvalue weighted by molar-refractivity contribution is -0.129. The van der Waals surface area contributed by atoms with E-state index in [2.05, 4.69) is 16.2 Å². The summed E-state index contributed by atoms with van der Waals surface area (Å²) in [6, 6.07) is 9.94. The summed E-state index contributed by atoms with van der Waals surface area (Å²) >= 11 is 0. The lowest BCUT2D eigenvalue weighted by Crippen LogP contribution is -2.46. The van der Waals surface area contributed by atoms with Crippen molar-refractivity contribution in [2.45, 2.75) is 34.6 Å². The minimum absolute atomic E-state index is 0.0568. The number of hydrazine groups is 1. The lowest BCUT2D eigenvalue weighted by Gasteiger charge is -2.14. The summed E-state index contributed by atoms with van der Waals surface area (Å²) in [6.45, 7) is 9.76. The van der Waals surface area contributed by atoms with Crippen LogP contribution in [0.15, 0.2) is 30.3 Å². The Bertz CT molecular complexity index is 824. The lowest BCUT2D eigenvalue weighted by atomic mass is 10.1. The van der Waals surface area contributed by atoms with Crippen LogP contribution in [0.5, 0.6) is 5.75 Å². The van der Waals surface area contributed by atoms with E-state index in [1.807, 2.05) is 65.0 Å². The Labute approximate surface area is 160 Å². The molecule has 0 atom stereocenters. The van der Waals surface area contributed by atoms with E-state index in [0.717, 1.165) is 33.5 Å². The highest BCUT2D eigenvalue weighted by Crippen LogP contribution is 2.24. The van der Waals surface area contributed by atoms with Crippen LogP contribution in [0.4, 0.5) is 5.69 Å². The Morgan fingerprint density at radius 3 is 2.04 bits per heavy atom. The van der Waals surface area contributed by atoms with E-state index < -0.39 is 5.91 Å². The molecular weight excluding hydrogens is 342 g/mol. The molecule has 2 aromatic rings. The van der Waals surface area contributed by atoms with Gasteiger partial charge in [0.15, 0.2) is 6.61 Å². The minimum atomic E-state index is -0.422. The zero-order valence-electron chi connectivity index (χ0n) is 16.5. The molecule has 0 aliphatic carbocycles. The molecule has 0 spiro atoms. The van der Waals surface area contributed by atoms with E-state index in [9.17, 15) is 9.59 Å². The summed E-state index contributed by atoms with van der Waals surface area (Å²) in [4.78, 5) is 23.8. The van der Waals surface area contributed by atoms with Gasteiger partial charge in [-0.15, -0.1) is 0 Å². The molecule has 6 nitrogen and oxygen atoms in total. The third kappa shape index (κ3) is 6.02. The van der Waals surface area contributed by atoms with Crippen LogP contribution >= 0.6 is 0 Å². The van der Waals surface area contributed by atoms with Crippen molar-refractivity contribution in [2.24, 2.45) is 0 Å². The van der Waals surface area contributed by atoms with Crippen LogP contribution in [0.2, 0.25) is 0 Å². The van der Waals surface area contributed by atoms with Crippen molar-refractivity contribution < 1.29 is 14.3 Å². The van der Waals surface area contributed by atoms with Gasteiger partial charge in [0.1, 0.15) is 5.75 Å². The highest BCUT2D eigenvalue weighted by atomic mass is 16.5. The fourth-order valence-electron chi connectivity index (χ4n) is 2.94. The molecular formula is C21H27N3O3. The Hall–Kier alpha value is -3.02. The zero-order chi connectivity index (χ0) is 20.0. The van der Waals surface area contributed by atoms with Gasteiger partial charge in [0.2, 0.25) is 0 Å². The SMILES string of the molecule is Cc1ccc(NCC(=O)NNC(=O)COc2c(C)cc(C)cc2C)c(C)c1. The number of carbonyl (C=O) groups is 2. The topological polar surface area (TPSA) is 79.5 Å². The van der Waals surface area contributed by atoms with E-state index in [-0.39, 0.29) is 19.1 Å². The summed E-state index contributed by atoms with van der Waals surface area (Å²) in [7, 11) is 0. The van der Waals surface area contributed by atoms with E-state index >= 15 is 0 Å². The fraction of sp³-hybridized carbons (Fsp3) is 0.333. The molecule has 0 aliphatic rings. The average Bonchev–Trinajstić information content (AvgIpc) is 2.58. The van der Waals surface area contributed by atoms with Crippen molar-refractivity contribution in [3.05, 3.63) is 58.1 Å². The number of nitrogens with one attached hydrogen (secondary N) is 3. The molecule has 27 heavy (non-hydrogen) atoms. The van der Waals surface area contributed by atoms with Crippen molar-refractivity contribution in [3.63, 3.8) is 0 Å². The molecule has 0 aromatic heterocycles. The Morgan fingerprint density at radius 2 is 1.41 bits per heavy atom. The van der Waals surface area contributed by atoms with Crippen molar-refractivity contribution in [2.75, 3.05) is 18.5 Å². The molecule has 0 fully saturated rings. The molecule has 0 unspecified atom stereocenters. The first-order valence-corrected chi connectivity index (χ1v) is 8.85. The van der Waals surface area contributed by atoms with Crippen molar-refractivity contribution in [1.29, 1.82) is 0 Å². The van der Waals surface area contributed by atoms with Crippen LogP contribution < -0.4 is 20.9 Å². The van der Waals surface area contributed by atoms with Gasteiger partial charge >= 0.3 is 0 Å². The maximum atomic E-state index is 11.9. The number of carbonyl (C=O) groups excluding carboxylic acids is 2. The first kappa shape index (κ1) is 20.3. The Morgan fingerprint density at radius 1 is 0.815 bits per heavy atom. The Balaban J connectivity index is 1.76. The molecule has 3 N–H and O–H groups in total. The largest absolute Gasteiger partial charge is 0.483 e. The van der Waals surface area contributed by atoms with Crippen LogP contribution in [-0.4, -0.2) is 25.0 Å². The highest BCUT2D eigenvalue weighted by molar-refractivity contribution is 5.85. The second-order valence-electron chi connectivity index (χ2n) is 6.78. The third-order valence-corrected chi connectivity index (χ3v) is 4.11. The predicted octanol–water partition coefficient (Wildman–Crippen LogP) is 2.87. The quantitative estimate of drug-likeness (QED) is 0.684. The van der Waals surface area contributed by atoms with E-state index in [0.29, 0.717) is 5.75 Å². The van der Waals surface area contributed by atoms with Crippen LogP contribution in [0, 0.1) is 34.6 Å². The normalized spacial score (nSPS) is 10.3. The number of hydrogen-bond acceptors (Lipinski definition) is 4. The summed E-state index contributed by atoms with van der Waals surface area (Å²) in [5.41, 5.74) is 10.9. The molecule has 0 radical (unpaired) electrons. The molecule has 2 aromatic carbocycles. The molecule has 6 heteroatoms. The van der Waals surface area contributed by atoms with Crippen LogP contribution in [0.1, 0.15) is 27.8 Å². The van der Waals surface area contributed by atoms with Crippen molar-refractivity contribution >= 4 is 17.5 Å². The zero-order valence-corrected chi connectivity index (χ0v) is 16.5. The van der Waals surface area contributed by atoms with Crippen LogP contribution in [0.25, 0.3) is 0 Å². The highest BCUT2D eigenvalue weighted by Gasteiger charge is 2.09. The number of rotatable bonds is 6. The summed E-state index contributed by atoms with van der Waals surface area (Å²) in [6.07, 6.45) is 0. The number of amides is 2. The van der Waals surface area contributed by atoms with E-state index in [1.165, 1.54) is 0 Å². The number of anilines is 1. The molecule has 0 saturated heterocycles. The summed E-state index contributed by atoms with van der Waals surface area (Å²) in [5, 5.41) is 3.05. The number of benzene rings is 2. The predicted molar refractivity (Wildman–Crippen MR) is 107 cm³/mol. The molecule has 144 valence electrons. The first-order chi connectivity index (χ1) is 12.8. The average molecular weight is 369 g/mol. The smallest absolute Gasteiger partial charge is 0.276 e. The van der Waals surface area contributed by atoms with Gasteiger partial charge < -0.3 is 10.1 Å². The standard InChI is InChI=1S/C21H27N3O3/c1-13-6-7-18(15(3)8-13)22-11-19(25)23-24-20(26)12-27-21-16(4)9-14(2)10-17(21)5/h6-10,22H,11-12H2,1-5H3,(H,23,25)(H,24,26). The van der Waals surface area contributed by atoms with Crippen molar-refractivity contribution in [1.82, 2.24) is 10.9 Å². The molecule has 0 saturated carbocycles. The molecule has 2 rings (SSSR count). The van der Waals surface area contributed by atoms with Gasteiger partial charge in [0.25, 0.3) is 11.8 Å². The van der Waals surface area contributed by atoms with E-state index in [4.69, 9.17) is 4.74 Å². The van der Waals surface area contributed by atoms with E-state index in [1.54, 1.807) is 0 Å². The van der Waals surface area contributed by atoms with Gasteiger partial charge in [-0.05, 0) is 57.4 Å². The second-order valence-corrected chi connectivity index (χ2v) is 6.78. The fourth-order valence-corrected chi connectivity index (χ4v) is 2.94. The minimum Gasteiger partial charge on any atom is -0.483 e. The molecule has 0 heterocycles. The maximum absolute atomic E-state index is 11.9. The second kappa shape index (κ2) is 9.07. The molecule has 0 aliphatic heterocycles. The van der Waals surface area contributed by atoms with Crippen LogP contribution in [0.3, 0.4) is 0 Å². The molecule has 0 bridgehead atoms. The van der Waals surface area contributed by atoms with Crippen LogP contribution in [-0.2, 0) is 9.59 Å². The molecule has 2 amide bonds. The Kier molecular flexibility index (Phi) is 6.82. The van der Waals surface area contributed by atoms with Gasteiger partial charge in [-0.2, -0.15) is 0 Å². The summed E-state index contributed by atoms with van der Waals surface area (Å²) in [5.74, 6) is -0.0705. The van der Waals surface area contributed by atoms with Gasteiger partial charge in [-0.3, -0.25) is 20.4 Å². The summed E-state index contributed by atoms with van der Waals surface area (Å²) < 4.78 is 5.59. The van der Waals surface area contributed by atoms with Crippen molar-refractivity contribution in [3.8, 4) is 5.75 Å². The van der Waals surface area contributed by atoms with Gasteiger partial charge in [-0.25, -0.2) is 0 Å². The van der Waals surface area contributed by atoms with Gasteiger partial charge in [-0.1, -0.05) is 35.4 Å². The van der Waals surface area contributed by atoms with Gasteiger partial charge in [0, 0.05) is 5.69 Å². The number of hydrogen-bond donors (Lipinski definition) is 3. The maximum Gasteiger partial charge on any atom is 0.276 e. The number of aryl methyl sites for hydroxylation is 5. The van der Waals surface area contributed by atoms with Gasteiger partial charge in [0.05, 0.1) is 6.54 Å².